The second kappa shape index (κ2) is 3.13. The number of Topliss-reactive ketones (excluding diaryl/α,β-unsaturated/α-hetero) is 1. The summed E-state index contributed by atoms with van der Waals surface area (Å²) in [5.41, 5.74) is 1.86. The van der Waals surface area contributed by atoms with Crippen LogP contribution < -0.4 is 4.74 Å². The van der Waals surface area contributed by atoms with Gasteiger partial charge in [-0.05, 0) is 12.5 Å². The SMILES string of the molecule is O=C1CCCC2=C1[C@@H]1Oc3ccccc3[C@@H]1O2. The molecular weight excluding hydrogens is 216 g/mol. The van der Waals surface area contributed by atoms with Gasteiger partial charge >= 0.3 is 0 Å². The molecule has 1 aromatic rings. The molecule has 0 N–H and O–H groups in total. The van der Waals surface area contributed by atoms with Crippen molar-refractivity contribution < 1.29 is 14.3 Å². The fourth-order valence-corrected chi connectivity index (χ4v) is 2.95. The molecule has 3 nitrogen and oxygen atoms in total. The van der Waals surface area contributed by atoms with Crippen LogP contribution in [0.1, 0.15) is 30.9 Å². The lowest BCUT2D eigenvalue weighted by atomic mass is 9.92. The van der Waals surface area contributed by atoms with E-state index in [1.165, 1.54) is 0 Å². The van der Waals surface area contributed by atoms with Crippen LogP contribution in [0.15, 0.2) is 35.6 Å². The van der Waals surface area contributed by atoms with Gasteiger partial charge in [-0.1, -0.05) is 18.2 Å². The Balaban J connectivity index is 1.79. The number of ether oxygens (including phenoxy) is 2. The maximum Gasteiger partial charge on any atom is 0.171 e. The Labute approximate surface area is 99.0 Å². The first kappa shape index (κ1) is 9.28. The molecule has 17 heavy (non-hydrogen) atoms. The number of rotatable bonds is 0. The molecule has 2 atom stereocenters. The maximum atomic E-state index is 12.0. The molecule has 0 spiro atoms. The average Bonchev–Trinajstić information content (AvgIpc) is 2.85. The van der Waals surface area contributed by atoms with E-state index >= 15 is 0 Å². The standard InChI is InChI=1S/C14H12O3/c15-9-5-3-7-11-12(9)14-13(17-11)8-4-1-2-6-10(8)16-14/h1-2,4,6,13-14H,3,5,7H2/t13-,14-/m0/s1. The van der Waals surface area contributed by atoms with Crippen LogP contribution in [0.3, 0.4) is 0 Å². The first-order valence-corrected chi connectivity index (χ1v) is 6.03. The molecule has 3 heteroatoms. The lowest BCUT2D eigenvalue weighted by molar-refractivity contribution is -0.116. The molecule has 86 valence electrons. The summed E-state index contributed by atoms with van der Waals surface area (Å²) >= 11 is 0. The van der Waals surface area contributed by atoms with E-state index in [1.54, 1.807) is 0 Å². The molecule has 2 heterocycles. The Bertz CT molecular complexity index is 544. The van der Waals surface area contributed by atoms with Gasteiger partial charge in [-0.25, -0.2) is 0 Å². The highest BCUT2D eigenvalue weighted by molar-refractivity contribution is 5.98. The van der Waals surface area contributed by atoms with E-state index in [4.69, 9.17) is 9.47 Å². The molecule has 0 unspecified atom stereocenters. The predicted molar refractivity (Wildman–Crippen MR) is 60.6 cm³/mol. The minimum Gasteiger partial charge on any atom is -0.485 e. The molecule has 0 fully saturated rings. The first-order chi connectivity index (χ1) is 8.34. The zero-order valence-electron chi connectivity index (χ0n) is 9.31. The fourth-order valence-electron chi connectivity index (χ4n) is 2.95. The molecule has 2 aliphatic heterocycles. The van der Waals surface area contributed by atoms with Crippen LogP contribution in [0.25, 0.3) is 0 Å². The van der Waals surface area contributed by atoms with E-state index in [1.807, 2.05) is 24.3 Å². The van der Waals surface area contributed by atoms with Gasteiger partial charge in [0.2, 0.25) is 0 Å². The van der Waals surface area contributed by atoms with Crippen molar-refractivity contribution in [2.24, 2.45) is 0 Å². The van der Waals surface area contributed by atoms with Crippen LogP contribution in [0.2, 0.25) is 0 Å². The Hall–Kier alpha value is -1.77. The number of benzene rings is 1. The third-order valence-electron chi connectivity index (χ3n) is 3.72. The van der Waals surface area contributed by atoms with Crippen LogP contribution in [-0.2, 0) is 9.53 Å². The van der Waals surface area contributed by atoms with Crippen LogP contribution in [-0.4, -0.2) is 11.9 Å². The molecular formula is C14H12O3. The summed E-state index contributed by atoms with van der Waals surface area (Å²) in [5, 5.41) is 0. The minimum absolute atomic E-state index is 0.0988. The van der Waals surface area contributed by atoms with Crippen molar-refractivity contribution in [1.29, 1.82) is 0 Å². The number of allylic oxidation sites excluding steroid dienone is 1. The number of carbonyl (C=O) groups is 1. The van der Waals surface area contributed by atoms with Gasteiger partial charge in [-0.3, -0.25) is 4.79 Å². The summed E-state index contributed by atoms with van der Waals surface area (Å²) < 4.78 is 11.8. The average molecular weight is 228 g/mol. The molecule has 3 aliphatic rings. The molecule has 0 radical (unpaired) electrons. The van der Waals surface area contributed by atoms with Gasteiger partial charge < -0.3 is 9.47 Å². The molecule has 0 saturated heterocycles. The zero-order chi connectivity index (χ0) is 11.4. The highest BCUT2D eigenvalue weighted by atomic mass is 16.6. The molecule has 0 amide bonds. The summed E-state index contributed by atoms with van der Waals surface area (Å²) in [6.45, 7) is 0. The van der Waals surface area contributed by atoms with Crippen molar-refractivity contribution in [3.8, 4) is 5.75 Å². The van der Waals surface area contributed by atoms with Gasteiger partial charge in [0.15, 0.2) is 18.0 Å². The molecule has 4 rings (SSSR count). The van der Waals surface area contributed by atoms with Crippen molar-refractivity contribution in [3.05, 3.63) is 41.2 Å². The largest absolute Gasteiger partial charge is 0.485 e. The normalized spacial score (nSPS) is 29.3. The lowest BCUT2D eigenvalue weighted by Crippen LogP contribution is -2.23. The van der Waals surface area contributed by atoms with Gasteiger partial charge in [0.25, 0.3) is 0 Å². The second-order valence-corrected chi connectivity index (χ2v) is 4.73. The van der Waals surface area contributed by atoms with E-state index in [-0.39, 0.29) is 18.0 Å². The van der Waals surface area contributed by atoms with Crippen molar-refractivity contribution in [2.45, 2.75) is 31.5 Å². The smallest absolute Gasteiger partial charge is 0.171 e. The molecule has 0 bridgehead atoms. The highest BCUT2D eigenvalue weighted by Gasteiger charge is 2.48. The minimum atomic E-state index is -0.199. The second-order valence-electron chi connectivity index (χ2n) is 4.73. The Morgan fingerprint density at radius 3 is 2.88 bits per heavy atom. The zero-order valence-corrected chi connectivity index (χ0v) is 9.31. The number of carbonyl (C=O) groups excluding carboxylic acids is 1. The number of para-hydroxylation sites is 1. The predicted octanol–water partition coefficient (Wildman–Crippen LogP) is 2.53. The summed E-state index contributed by atoms with van der Waals surface area (Å²) in [6.07, 6.45) is 2.11. The van der Waals surface area contributed by atoms with Crippen molar-refractivity contribution in [1.82, 2.24) is 0 Å². The van der Waals surface area contributed by atoms with Crippen LogP contribution >= 0.6 is 0 Å². The van der Waals surface area contributed by atoms with E-state index in [2.05, 4.69) is 0 Å². The summed E-state index contributed by atoms with van der Waals surface area (Å²) in [6, 6.07) is 7.87. The Morgan fingerprint density at radius 2 is 1.94 bits per heavy atom. The summed E-state index contributed by atoms with van der Waals surface area (Å²) in [4.78, 5) is 12.0. The quantitative estimate of drug-likeness (QED) is 0.684. The molecule has 0 aromatic heterocycles. The third-order valence-corrected chi connectivity index (χ3v) is 3.72. The van der Waals surface area contributed by atoms with E-state index in [0.717, 1.165) is 35.5 Å². The van der Waals surface area contributed by atoms with E-state index in [9.17, 15) is 4.79 Å². The topological polar surface area (TPSA) is 35.5 Å². The van der Waals surface area contributed by atoms with Crippen molar-refractivity contribution >= 4 is 5.78 Å². The molecule has 1 aromatic carbocycles. The van der Waals surface area contributed by atoms with Gasteiger partial charge in [-0.15, -0.1) is 0 Å². The van der Waals surface area contributed by atoms with Crippen LogP contribution in [0.4, 0.5) is 0 Å². The van der Waals surface area contributed by atoms with Gasteiger partial charge in [0, 0.05) is 18.4 Å². The van der Waals surface area contributed by atoms with Gasteiger partial charge in [0.05, 0.1) is 5.57 Å². The van der Waals surface area contributed by atoms with E-state index in [0.29, 0.717) is 6.42 Å². The monoisotopic (exact) mass is 228 g/mol. The number of fused-ring (bicyclic) bond motifs is 4. The summed E-state index contributed by atoms with van der Waals surface area (Å²) in [7, 11) is 0. The van der Waals surface area contributed by atoms with Crippen LogP contribution in [0.5, 0.6) is 5.75 Å². The highest BCUT2D eigenvalue weighted by Crippen LogP contribution is 2.49. The molecule has 1 aliphatic carbocycles. The van der Waals surface area contributed by atoms with Gasteiger partial charge in [0.1, 0.15) is 11.5 Å². The third kappa shape index (κ3) is 1.14. The Morgan fingerprint density at radius 1 is 1.06 bits per heavy atom. The van der Waals surface area contributed by atoms with Crippen molar-refractivity contribution in [3.63, 3.8) is 0 Å². The van der Waals surface area contributed by atoms with E-state index < -0.39 is 0 Å². The van der Waals surface area contributed by atoms with Crippen LogP contribution in [0, 0.1) is 0 Å². The Kier molecular flexibility index (Phi) is 1.71. The summed E-state index contributed by atoms with van der Waals surface area (Å²) in [5.74, 6) is 1.92. The lowest BCUT2D eigenvalue weighted by Gasteiger charge is -2.14. The fraction of sp³-hybridized carbons (Fsp3) is 0.357. The molecule has 0 saturated carbocycles. The number of hydrogen-bond acceptors (Lipinski definition) is 3. The first-order valence-electron chi connectivity index (χ1n) is 6.03. The van der Waals surface area contributed by atoms with Gasteiger partial charge in [-0.2, -0.15) is 0 Å². The van der Waals surface area contributed by atoms with Crippen molar-refractivity contribution in [2.75, 3.05) is 0 Å². The number of hydrogen-bond donors (Lipinski definition) is 0. The maximum absolute atomic E-state index is 12.0. The number of ketones is 1.